The molecule has 0 amide bonds. The third-order valence-corrected chi connectivity index (χ3v) is 2.95. The zero-order chi connectivity index (χ0) is 13.2. The smallest absolute Gasteiger partial charge is 0.0598 e. The minimum absolute atomic E-state index is 0.0721. The number of rotatable bonds is 4. The Kier molecular flexibility index (Phi) is 4.61. The predicted octanol–water partition coefficient (Wildman–Crippen LogP) is 2.60. The van der Waals surface area contributed by atoms with Crippen LogP contribution in [0.5, 0.6) is 0 Å². The molecule has 3 heteroatoms. The van der Waals surface area contributed by atoms with Crippen molar-refractivity contribution in [2.75, 3.05) is 26.3 Å². The molecule has 0 spiro atoms. The second-order valence-electron chi connectivity index (χ2n) is 7.23. The average molecular weight is 243 g/mol. The van der Waals surface area contributed by atoms with Crippen LogP contribution in [0.15, 0.2) is 0 Å². The summed E-state index contributed by atoms with van der Waals surface area (Å²) in [5.41, 5.74) is 0.00913. The molecule has 0 unspecified atom stereocenters. The van der Waals surface area contributed by atoms with Crippen molar-refractivity contribution in [3.63, 3.8) is 0 Å². The summed E-state index contributed by atoms with van der Waals surface area (Å²) in [6.45, 7) is 16.3. The summed E-state index contributed by atoms with van der Waals surface area (Å²) >= 11 is 0. The zero-order valence-corrected chi connectivity index (χ0v) is 12.4. The second kappa shape index (κ2) is 5.25. The molecule has 3 nitrogen and oxygen atoms in total. The van der Waals surface area contributed by atoms with Gasteiger partial charge in [-0.3, -0.25) is 0 Å². The number of ether oxygens (including phenoxy) is 2. The van der Waals surface area contributed by atoms with Crippen LogP contribution in [0.2, 0.25) is 0 Å². The van der Waals surface area contributed by atoms with Gasteiger partial charge in [-0.1, -0.05) is 0 Å². The van der Waals surface area contributed by atoms with E-state index in [0.29, 0.717) is 0 Å². The molecule has 0 aromatic carbocycles. The van der Waals surface area contributed by atoms with Crippen molar-refractivity contribution in [2.45, 2.75) is 59.2 Å². The highest BCUT2D eigenvalue weighted by molar-refractivity contribution is 4.89. The third kappa shape index (κ3) is 5.84. The van der Waals surface area contributed by atoms with Crippen LogP contribution in [0.4, 0.5) is 0 Å². The van der Waals surface area contributed by atoms with Gasteiger partial charge in [0, 0.05) is 12.0 Å². The normalized spacial score (nSPS) is 20.8. The van der Waals surface area contributed by atoms with Crippen molar-refractivity contribution in [3.8, 4) is 0 Å². The topological polar surface area (TPSA) is 30.5 Å². The Morgan fingerprint density at radius 2 is 1.41 bits per heavy atom. The van der Waals surface area contributed by atoms with Crippen molar-refractivity contribution in [1.82, 2.24) is 5.32 Å². The lowest BCUT2D eigenvalue weighted by Gasteiger charge is -2.34. The Balaban J connectivity index is 2.51. The minimum Gasteiger partial charge on any atom is -0.375 e. The molecule has 0 radical (unpaired) electrons. The van der Waals surface area contributed by atoms with Crippen molar-refractivity contribution < 1.29 is 9.47 Å². The first-order valence-corrected chi connectivity index (χ1v) is 6.61. The van der Waals surface area contributed by atoms with E-state index >= 15 is 0 Å². The van der Waals surface area contributed by atoms with Gasteiger partial charge in [0.1, 0.15) is 0 Å². The van der Waals surface area contributed by atoms with Gasteiger partial charge in [-0.2, -0.15) is 0 Å². The van der Waals surface area contributed by atoms with Crippen LogP contribution in [0.1, 0.15) is 48.0 Å². The van der Waals surface area contributed by atoms with E-state index in [9.17, 15) is 0 Å². The highest BCUT2D eigenvalue weighted by Crippen LogP contribution is 2.29. The van der Waals surface area contributed by atoms with Crippen LogP contribution in [-0.4, -0.2) is 37.5 Å². The first kappa shape index (κ1) is 14.9. The van der Waals surface area contributed by atoms with Gasteiger partial charge in [0.2, 0.25) is 0 Å². The average Bonchev–Trinajstić information content (AvgIpc) is 2.59. The molecular weight excluding hydrogens is 214 g/mol. The van der Waals surface area contributed by atoms with Crippen LogP contribution in [0.25, 0.3) is 0 Å². The second-order valence-corrected chi connectivity index (χ2v) is 7.23. The maximum absolute atomic E-state index is 5.96. The van der Waals surface area contributed by atoms with Gasteiger partial charge in [0.25, 0.3) is 0 Å². The molecule has 0 saturated carbocycles. The summed E-state index contributed by atoms with van der Waals surface area (Å²) in [5, 5.41) is 3.43. The zero-order valence-electron chi connectivity index (χ0n) is 12.4. The fourth-order valence-electron chi connectivity index (χ4n) is 1.82. The first-order valence-electron chi connectivity index (χ1n) is 6.61. The molecule has 0 aromatic heterocycles. The number of hydrogen-bond acceptors (Lipinski definition) is 3. The number of hydrogen-bond donors (Lipinski definition) is 1. The monoisotopic (exact) mass is 243 g/mol. The highest BCUT2D eigenvalue weighted by atomic mass is 16.5. The molecule has 1 rings (SSSR count). The Labute approximate surface area is 106 Å². The molecule has 1 fully saturated rings. The lowest BCUT2D eigenvalue weighted by atomic mass is 9.88. The van der Waals surface area contributed by atoms with Crippen molar-refractivity contribution in [2.24, 2.45) is 5.41 Å². The molecule has 0 bridgehead atoms. The molecule has 1 N–H and O–H groups in total. The van der Waals surface area contributed by atoms with Gasteiger partial charge in [-0.15, -0.1) is 0 Å². The maximum Gasteiger partial charge on any atom is 0.0598 e. The van der Waals surface area contributed by atoms with Crippen LogP contribution in [-0.2, 0) is 9.47 Å². The van der Waals surface area contributed by atoms with E-state index < -0.39 is 0 Å². The molecule has 102 valence electrons. The lowest BCUT2D eigenvalue weighted by molar-refractivity contribution is -0.100. The van der Waals surface area contributed by atoms with E-state index in [1.54, 1.807) is 0 Å². The van der Waals surface area contributed by atoms with Crippen LogP contribution >= 0.6 is 0 Å². The summed E-state index contributed by atoms with van der Waals surface area (Å²) in [7, 11) is 0. The van der Waals surface area contributed by atoms with E-state index in [4.69, 9.17) is 9.47 Å². The van der Waals surface area contributed by atoms with E-state index in [1.165, 1.54) is 0 Å². The van der Waals surface area contributed by atoms with E-state index in [1.807, 2.05) is 0 Å². The predicted molar refractivity (Wildman–Crippen MR) is 71.3 cm³/mol. The number of nitrogens with one attached hydrogen (secondary N) is 1. The first-order chi connectivity index (χ1) is 7.62. The molecule has 1 heterocycles. The molecule has 0 aliphatic carbocycles. The quantitative estimate of drug-likeness (QED) is 0.823. The van der Waals surface area contributed by atoms with Gasteiger partial charge in [0.05, 0.1) is 24.4 Å². The Morgan fingerprint density at radius 3 is 1.71 bits per heavy atom. The minimum atomic E-state index is -0.0721. The summed E-state index contributed by atoms with van der Waals surface area (Å²) in [6.07, 6.45) is 1.14. The van der Waals surface area contributed by atoms with Crippen molar-refractivity contribution in [3.05, 3.63) is 0 Å². The molecule has 1 aliphatic heterocycles. The molecule has 17 heavy (non-hydrogen) atoms. The summed E-state index contributed by atoms with van der Waals surface area (Å²) in [6, 6.07) is 0. The van der Waals surface area contributed by atoms with Crippen molar-refractivity contribution >= 4 is 0 Å². The Bertz CT molecular complexity index is 212. The molecular formula is C14H29NO2. The van der Waals surface area contributed by atoms with Crippen LogP contribution in [0.3, 0.4) is 0 Å². The summed E-state index contributed by atoms with van der Waals surface area (Å²) < 4.78 is 11.9. The van der Waals surface area contributed by atoms with E-state index in [2.05, 4.69) is 46.9 Å². The standard InChI is InChI=1S/C14H29NO2/c1-12(2,3)16-10-14(7-8-15-9-14)11-17-13(4,5)6/h15H,7-11H2,1-6H3. The van der Waals surface area contributed by atoms with E-state index in [-0.39, 0.29) is 16.6 Å². The molecule has 0 aromatic rings. The fourth-order valence-corrected chi connectivity index (χ4v) is 1.82. The maximum atomic E-state index is 5.96. The highest BCUT2D eigenvalue weighted by Gasteiger charge is 2.36. The molecule has 0 atom stereocenters. The van der Waals surface area contributed by atoms with Gasteiger partial charge < -0.3 is 14.8 Å². The largest absolute Gasteiger partial charge is 0.375 e. The van der Waals surface area contributed by atoms with Crippen LogP contribution < -0.4 is 5.32 Å². The van der Waals surface area contributed by atoms with Gasteiger partial charge in [-0.05, 0) is 54.5 Å². The van der Waals surface area contributed by atoms with Gasteiger partial charge in [-0.25, -0.2) is 0 Å². The van der Waals surface area contributed by atoms with E-state index in [0.717, 1.165) is 32.7 Å². The Hall–Kier alpha value is -0.120. The van der Waals surface area contributed by atoms with Crippen molar-refractivity contribution in [1.29, 1.82) is 0 Å². The molecule has 1 aliphatic rings. The fraction of sp³-hybridized carbons (Fsp3) is 1.00. The van der Waals surface area contributed by atoms with Gasteiger partial charge in [0.15, 0.2) is 0 Å². The SMILES string of the molecule is CC(C)(C)OCC1(COC(C)(C)C)CCNC1. The third-order valence-electron chi connectivity index (χ3n) is 2.95. The summed E-state index contributed by atoms with van der Waals surface area (Å²) in [5.74, 6) is 0. The summed E-state index contributed by atoms with van der Waals surface area (Å²) in [4.78, 5) is 0. The molecule has 1 saturated heterocycles. The Morgan fingerprint density at radius 1 is 0.941 bits per heavy atom. The van der Waals surface area contributed by atoms with Gasteiger partial charge >= 0.3 is 0 Å². The lowest BCUT2D eigenvalue weighted by Crippen LogP contribution is -2.40. The van der Waals surface area contributed by atoms with Crippen LogP contribution in [0, 0.1) is 5.41 Å².